The quantitative estimate of drug-likeness (QED) is 0.817. The maximum atomic E-state index is 13.1. The van der Waals surface area contributed by atoms with E-state index in [9.17, 15) is 8.42 Å². The van der Waals surface area contributed by atoms with Gasteiger partial charge in [0, 0.05) is 25.2 Å². The van der Waals surface area contributed by atoms with Crippen LogP contribution in [0.5, 0.6) is 11.5 Å². The van der Waals surface area contributed by atoms with Gasteiger partial charge in [0.05, 0.1) is 19.1 Å². The number of hydrogen-bond acceptors (Lipinski definition) is 5. The maximum absolute atomic E-state index is 13.1. The largest absolute Gasteiger partial charge is 0.493 e. The monoisotopic (exact) mass is 342 g/mol. The first-order chi connectivity index (χ1) is 10.9. The van der Waals surface area contributed by atoms with Crippen LogP contribution in [0.3, 0.4) is 0 Å². The Morgan fingerprint density at radius 3 is 2.48 bits per heavy atom. The van der Waals surface area contributed by atoms with E-state index >= 15 is 0 Å². The fourth-order valence-corrected chi connectivity index (χ4v) is 4.73. The van der Waals surface area contributed by atoms with Gasteiger partial charge in [-0.1, -0.05) is 6.92 Å². The molecule has 0 aromatic heterocycles. The lowest BCUT2D eigenvalue weighted by atomic mass is 10.2. The summed E-state index contributed by atoms with van der Waals surface area (Å²) in [6.07, 6.45) is 1.62. The van der Waals surface area contributed by atoms with Crippen molar-refractivity contribution in [3.63, 3.8) is 0 Å². The average molecular weight is 342 g/mol. The minimum Gasteiger partial charge on any atom is -0.493 e. The van der Waals surface area contributed by atoms with E-state index in [0.29, 0.717) is 18.0 Å². The average Bonchev–Trinajstić information content (AvgIpc) is 2.75. The first-order valence-corrected chi connectivity index (χ1v) is 9.30. The molecule has 1 aromatic carbocycles. The fraction of sp³-hybridized carbons (Fsp3) is 0.625. The molecule has 1 saturated heterocycles. The number of methoxy groups -OCH3 is 2. The van der Waals surface area contributed by atoms with Crippen LogP contribution in [-0.2, 0) is 10.0 Å². The molecule has 1 heterocycles. The summed E-state index contributed by atoms with van der Waals surface area (Å²) in [4.78, 5) is 2.44. The highest BCUT2D eigenvalue weighted by molar-refractivity contribution is 7.89. The Morgan fingerprint density at radius 1 is 1.17 bits per heavy atom. The third-order valence-electron chi connectivity index (χ3n) is 4.28. The van der Waals surface area contributed by atoms with Gasteiger partial charge in [-0.05, 0) is 38.6 Å². The van der Waals surface area contributed by atoms with E-state index in [2.05, 4.69) is 4.90 Å². The van der Waals surface area contributed by atoms with Gasteiger partial charge in [0.25, 0.3) is 0 Å². The summed E-state index contributed by atoms with van der Waals surface area (Å²) in [5.74, 6) is 0.947. The molecular formula is C16H26N2O4S. The molecule has 130 valence electrons. The van der Waals surface area contributed by atoms with Gasteiger partial charge in [0.1, 0.15) is 0 Å². The van der Waals surface area contributed by atoms with Gasteiger partial charge < -0.3 is 14.4 Å². The van der Waals surface area contributed by atoms with Crippen LogP contribution in [0.25, 0.3) is 0 Å². The van der Waals surface area contributed by atoms with Gasteiger partial charge in [-0.15, -0.1) is 0 Å². The Balaban J connectivity index is 2.39. The lowest BCUT2D eigenvalue weighted by Gasteiger charge is -2.29. The summed E-state index contributed by atoms with van der Waals surface area (Å²) in [5.41, 5.74) is 0. The second-order valence-corrected chi connectivity index (χ2v) is 7.70. The molecule has 23 heavy (non-hydrogen) atoms. The SMILES string of the molecule is CC[C@@H]1CN(C)CCCN1S(=O)(=O)c1ccc(OC)c(OC)c1. The number of nitrogens with zero attached hydrogens (tertiary/aromatic N) is 2. The van der Waals surface area contributed by atoms with E-state index in [-0.39, 0.29) is 10.9 Å². The summed E-state index contributed by atoms with van der Waals surface area (Å²) in [6, 6.07) is 4.74. The van der Waals surface area contributed by atoms with E-state index in [1.165, 1.54) is 20.3 Å². The van der Waals surface area contributed by atoms with Crippen LogP contribution in [0.15, 0.2) is 23.1 Å². The van der Waals surface area contributed by atoms with E-state index in [1.54, 1.807) is 16.4 Å². The number of likely N-dealkylation sites (N-methyl/N-ethyl adjacent to an activating group) is 1. The minimum atomic E-state index is -3.56. The van der Waals surface area contributed by atoms with Gasteiger partial charge >= 0.3 is 0 Å². The van der Waals surface area contributed by atoms with Crippen molar-refractivity contribution in [3.05, 3.63) is 18.2 Å². The normalized spacial score (nSPS) is 21.0. The fourth-order valence-electron chi connectivity index (χ4n) is 2.98. The minimum absolute atomic E-state index is 0.0133. The molecule has 0 spiro atoms. The van der Waals surface area contributed by atoms with Crippen molar-refractivity contribution in [2.24, 2.45) is 0 Å². The summed E-state index contributed by atoms with van der Waals surface area (Å²) in [6.45, 7) is 4.23. The van der Waals surface area contributed by atoms with Gasteiger partial charge in [-0.25, -0.2) is 8.42 Å². The molecule has 1 fully saturated rings. The second kappa shape index (κ2) is 7.51. The van der Waals surface area contributed by atoms with Crippen LogP contribution in [0.2, 0.25) is 0 Å². The van der Waals surface area contributed by atoms with Crippen molar-refractivity contribution in [2.75, 3.05) is 40.9 Å². The van der Waals surface area contributed by atoms with Crippen molar-refractivity contribution >= 4 is 10.0 Å². The number of benzene rings is 1. The summed E-state index contributed by atoms with van der Waals surface area (Å²) in [7, 11) is 1.52. The van der Waals surface area contributed by atoms with Crippen LogP contribution < -0.4 is 9.47 Å². The van der Waals surface area contributed by atoms with Crippen LogP contribution >= 0.6 is 0 Å². The Morgan fingerprint density at radius 2 is 1.87 bits per heavy atom. The molecule has 0 unspecified atom stereocenters. The first kappa shape index (κ1) is 18.0. The second-order valence-electron chi connectivity index (χ2n) is 5.81. The highest BCUT2D eigenvalue weighted by Crippen LogP contribution is 2.31. The van der Waals surface area contributed by atoms with Crippen molar-refractivity contribution in [1.82, 2.24) is 9.21 Å². The van der Waals surface area contributed by atoms with Gasteiger partial charge in [0.2, 0.25) is 10.0 Å². The van der Waals surface area contributed by atoms with Gasteiger partial charge in [-0.3, -0.25) is 0 Å². The Bertz CT molecular complexity index is 633. The van der Waals surface area contributed by atoms with Crippen LogP contribution in [-0.4, -0.2) is 64.6 Å². The van der Waals surface area contributed by atoms with Crippen LogP contribution in [0.1, 0.15) is 19.8 Å². The molecule has 0 radical (unpaired) electrons. The summed E-state index contributed by atoms with van der Waals surface area (Å²) < 4.78 is 38.2. The predicted octanol–water partition coefficient (Wildman–Crippen LogP) is 1.81. The highest BCUT2D eigenvalue weighted by atomic mass is 32.2. The Labute approximate surface area is 139 Å². The lowest BCUT2D eigenvalue weighted by molar-refractivity contribution is 0.270. The lowest BCUT2D eigenvalue weighted by Crippen LogP contribution is -2.43. The summed E-state index contributed by atoms with van der Waals surface area (Å²) in [5, 5.41) is 0. The molecule has 1 aromatic rings. The molecule has 0 amide bonds. The number of sulfonamides is 1. The molecule has 0 saturated carbocycles. The van der Waals surface area contributed by atoms with Crippen molar-refractivity contribution in [1.29, 1.82) is 0 Å². The van der Waals surface area contributed by atoms with Gasteiger partial charge in [-0.2, -0.15) is 4.31 Å². The zero-order valence-corrected chi connectivity index (χ0v) is 15.1. The van der Waals surface area contributed by atoms with Crippen LogP contribution in [0, 0.1) is 0 Å². The zero-order chi connectivity index (χ0) is 17.0. The topological polar surface area (TPSA) is 59.1 Å². The molecule has 6 nitrogen and oxygen atoms in total. The van der Waals surface area contributed by atoms with Crippen molar-refractivity contribution < 1.29 is 17.9 Å². The highest BCUT2D eigenvalue weighted by Gasteiger charge is 2.33. The van der Waals surface area contributed by atoms with Crippen molar-refractivity contribution in [3.8, 4) is 11.5 Å². The summed E-state index contributed by atoms with van der Waals surface area (Å²) >= 11 is 0. The Kier molecular flexibility index (Phi) is 5.89. The molecule has 0 aliphatic carbocycles. The van der Waals surface area contributed by atoms with E-state index in [0.717, 1.165) is 25.9 Å². The number of ether oxygens (including phenoxy) is 2. The maximum Gasteiger partial charge on any atom is 0.243 e. The molecule has 7 heteroatoms. The zero-order valence-electron chi connectivity index (χ0n) is 14.3. The third kappa shape index (κ3) is 3.79. The molecule has 2 rings (SSSR count). The third-order valence-corrected chi connectivity index (χ3v) is 6.23. The predicted molar refractivity (Wildman–Crippen MR) is 89.6 cm³/mol. The molecular weight excluding hydrogens is 316 g/mol. The molecule has 0 bridgehead atoms. The number of rotatable bonds is 5. The van der Waals surface area contributed by atoms with E-state index < -0.39 is 10.0 Å². The molecule has 1 aliphatic heterocycles. The smallest absolute Gasteiger partial charge is 0.243 e. The van der Waals surface area contributed by atoms with Crippen LogP contribution in [0.4, 0.5) is 0 Å². The van der Waals surface area contributed by atoms with Crippen molar-refractivity contribution in [2.45, 2.75) is 30.7 Å². The molecule has 1 aliphatic rings. The number of hydrogen-bond donors (Lipinski definition) is 0. The van der Waals surface area contributed by atoms with E-state index in [4.69, 9.17) is 9.47 Å². The first-order valence-electron chi connectivity index (χ1n) is 7.86. The molecule has 0 N–H and O–H groups in total. The van der Waals surface area contributed by atoms with E-state index in [1.807, 2.05) is 14.0 Å². The van der Waals surface area contributed by atoms with Gasteiger partial charge in [0.15, 0.2) is 11.5 Å². The Hall–Kier alpha value is -1.31. The molecule has 1 atom stereocenters. The standard InChI is InChI=1S/C16H26N2O4S/c1-5-13-12-17(2)9-6-10-18(13)23(19,20)14-7-8-15(21-3)16(11-14)22-4/h7-8,11,13H,5-6,9-10,12H2,1-4H3/t13-/m1/s1.